The van der Waals surface area contributed by atoms with E-state index in [2.05, 4.69) is 9.47 Å². The van der Waals surface area contributed by atoms with E-state index >= 15 is 0 Å². The minimum atomic E-state index is -0.961. The quantitative estimate of drug-likeness (QED) is 0.546. The van der Waals surface area contributed by atoms with Crippen molar-refractivity contribution < 1.29 is 19.1 Å². The maximum Gasteiger partial charge on any atom is 0.320 e. The zero-order valence-electron chi connectivity index (χ0n) is 9.83. The molecule has 0 heterocycles. The lowest BCUT2D eigenvalue weighted by atomic mass is 9.86. The first-order valence-corrected chi connectivity index (χ1v) is 5.21. The first kappa shape index (κ1) is 13.5. The summed E-state index contributed by atoms with van der Waals surface area (Å²) in [7, 11) is 2.50. The highest BCUT2D eigenvalue weighted by molar-refractivity contribution is 5.95. The third kappa shape index (κ3) is 3.73. The van der Waals surface area contributed by atoms with Crippen molar-refractivity contribution >= 4 is 11.9 Å². The minimum Gasteiger partial charge on any atom is -0.468 e. The molecule has 0 amide bonds. The number of rotatable bonds is 3. The predicted octanol–water partition coefficient (Wildman–Crippen LogP) is 1.30. The van der Waals surface area contributed by atoms with E-state index in [1.807, 2.05) is 18.6 Å². The van der Waals surface area contributed by atoms with Crippen LogP contribution in [0, 0.1) is 31.1 Å². The van der Waals surface area contributed by atoms with Crippen molar-refractivity contribution in [1.82, 2.24) is 0 Å². The van der Waals surface area contributed by atoms with Gasteiger partial charge in [-0.1, -0.05) is 24.3 Å². The van der Waals surface area contributed by atoms with Crippen molar-refractivity contribution in [3.05, 3.63) is 43.6 Å². The smallest absolute Gasteiger partial charge is 0.320 e. The van der Waals surface area contributed by atoms with Crippen molar-refractivity contribution in [3.63, 3.8) is 0 Å². The Bertz CT molecular complexity index is 314. The highest BCUT2D eigenvalue weighted by atomic mass is 16.5. The van der Waals surface area contributed by atoms with Crippen LogP contribution in [-0.2, 0) is 19.1 Å². The van der Waals surface area contributed by atoms with Crippen LogP contribution < -0.4 is 0 Å². The molecule has 4 heteroatoms. The van der Waals surface area contributed by atoms with E-state index in [0.29, 0.717) is 0 Å². The number of esters is 2. The molecule has 0 aromatic carbocycles. The van der Waals surface area contributed by atoms with Gasteiger partial charge in [-0.2, -0.15) is 0 Å². The van der Waals surface area contributed by atoms with Gasteiger partial charge in [-0.25, -0.2) is 0 Å². The SMILES string of the molecule is COC(=O)C(C(=O)OC)C1[CH][CH][CH]/C=C\C=C/1. The maximum atomic E-state index is 11.6. The van der Waals surface area contributed by atoms with Crippen LogP contribution in [0.4, 0.5) is 0 Å². The molecule has 0 aliphatic heterocycles. The number of carbonyl (C=O) groups is 2. The van der Waals surface area contributed by atoms with Crippen LogP contribution in [0.2, 0.25) is 0 Å². The monoisotopic (exact) mass is 235 g/mol. The third-order valence-corrected chi connectivity index (χ3v) is 2.41. The predicted molar refractivity (Wildman–Crippen MR) is 62.2 cm³/mol. The molecule has 0 saturated heterocycles. The number of ether oxygens (including phenoxy) is 2. The summed E-state index contributed by atoms with van der Waals surface area (Å²) < 4.78 is 9.25. The van der Waals surface area contributed by atoms with Gasteiger partial charge in [-0.3, -0.25) is 9.59 Å². The molecule has 17 heavy (non-hydrogen) atoms. The summed E-state index contributed by atoms with van der Waals surface area (Å²) in [6, 6.07) is 0. The van der Waals surface area contributed by atoms with E-state index in [0.717, 1.165) is 0 Å². The van der Waals surface area contributed by atoms with Gasteiger partial charge in [0.25, 0.3) is 0 Å². The van der Waals surface area contributed by atoms with E-state index in [1.54, 1.807) is 25.0 Å². The second kappa shape index (κ2) is 6.89. The van der Waals surface area contributed by atoms with Crippen LogP contribution in [0.3, 0.4) is 0 Å². The first-order valence-electron chi connectivity index (χ1n) is 5.21. The average Bonchev–Trinajstić information content (AvgIpc) is 2.31. The van der Waals surface area contributed by atoms with Gasteiger partial charge in [0.15, 0.2) is 5.92 Å². The molecule has 3 radical (unpaired) electrons. The summed E-state index contributed by atoms with van der Waals surface area (Å²) in [5.74, 6) is -2.52. The summed E-state index contributed by atoms with van der Waals surface area (Å²) in [6.07, 6.45) is 12.6. The van der Waals surface area contributed by atoms with Gasteiger partial charge in [-0.15, -0.1) is 0 Å². The third-order valence-electron chi connectivity index (χ3n) is 2.41. The number of hydrogen-bond acceptors (Lipinski definition) is 4. The lowest BCUT2D eigenvalue weighted by Crippen LogP contribution is -2.33. The molecule has 0 saturated carbocycles. The molecule has 0 N–H and O–H groups in total. The number of allylic oxidation sites excluding steroid dienone is 4. The summed E-state index contributed by atoms with van der Waals surface area (Å²) in [5, 5.41) is 0. The fraction of sp³-hybridized carbons (Fsp3) is 0.308. The van der Waals surface area contributed by atoms with E-state index in [1.165, 1.54) is 14.2 Å². The zero-order chi connectivity index (χ0) is 12.7. The highest BCUT2D eigenvalue weighted by Crippen LogP contribution is 2.23. The maximum absolute atomic E-state index is 11.6. The van der Waals surface area contributed by atoms with Gasteiger partial charge in [-0.05, 0) is 19.3 Å². The normalized spacial score (nSPS) is 23.4. The fourth-order valence-electron chi connectivity index (χ4n) is 1.53. The second-order valence-electron chi connectivity index (χ2n) is 3.45. The lowest BCUT2D eigenvalue weighted by Gasteiger charge is -2.20. The minimum absolute atomic E-state index is 0.365. The molecule has 91 valence electrons. The molecule has 1 atom stereocenters. The van der Waals surface area contributed by atoms with Crippen molar-refractivity contribution in [3.8, 4) is 0 Å². The molecule has 0 aromatic rings. The molecular formula is C13H15O4. The molecule has 0 spiro atoms. The van der Waals surface area contributed by atoms with E-state index in [-0.39, 0.29) is 5.92 Å². The van der Waals surface area contributed by atoms with Gasteiger partial charge >= 0.3 is 11.9 Å². The fourth-order valence-corrected chi connectivity index (χ4v) is 1.53. The van der Waals surface area contributed by atoms with Crippen molar-refractivity contribution in [1.29, 1.82) is 0 Å². The summed E-state index contributed by atoms with van der Waals surface area (Å²) >= 11 is 0. The molecule has 1 aliphatic carbocycles. The Morgan fingerprint density at radius 3 is 2.24 bits per heavy atom. The van der Waals surface area contributed by atoms with Crippen LogP contribution in [-0.4, -0.2) is 26.2 Å². The van der Waals surface area contributed by atoms with Crippen LogP contribution in [0.1, 0.15) is 0 Å². The van der Waals surface area contributed by atoms with Crippen LogP contribution in [0.15, 0.2) is 24.3 Å². The Kier molecular flexibility index (Phi) is 5.46. The van der Waals surface area contributed by atoms with Crippen molar-refractivity contribution in [2.75, 3.05) is 14.2 Å². The molecule has 1 rings (SSSR count). The Labute approximate surface area is 101 Å². The largest absolute Gasteiger partial charge is 0.468 e. The van der Waals surface area contributed by atoms with E-state index in [9.17, 15) is 9.59 Å². The van der Waals surface area contributed by atoms with E-state index in [4.69, 9.17) is 0 Å². The molecular weight excluding hydrogens is 220 g/mol. The number of methoxy groups -OCH3 is 2. The van der Waals surface area contributed by atoms with Crippen molar-refractivity contribution in [2.24, 2.45) is 11.8 Å². The van der Waals surface area contributed by atoms with Gasteiger partial charge < -0.3 is 9.47 Å². The topological polar surface area (TPSA) is 52.6 Å². The van der Waals surface area contributed by atoms with Gasteiger partial charge in [0, 0.05) is 5.92 Å². The molecule has 1 aliphatic rings. The van der Waals surface area contributed by atoms with Crippen LogP contribution in [0.25, 0.3) is 0 Å². The summed E-state index contributed by atoms with van der Waals surface area (Å²) in [4.78, 5) is 23.2. The Morgan fingerprint density at radius 2 is 1.65 bits per heavy atom. The van der Waals surface area contributed by atoms with Gasteiger partial charge in [0.1, 0.15) is 0 Å². The first-order chi connectivity index (χ1) is 8.20. The Morgan fingerprint density at radius 1 is 1.00 bits per heavy atom. The zero-order valence-corrected chi connectivity index (χ0v) is 9.83. The number of hydrogen-bond donors (Lipinski definition) is 0. The highest BCUT2D eigenvalue weighted by Gasteiger charge is 2.35. The Hall–Kier alpha value is -1.58. The lowest BCUT2D eigenvalue weighted by molar-refractivity contribution is -0.160. The molecule has 4 nitrogen and oxygen atoms in total. The average molecular weight is 235 g/mol. The van der Waals surface area contributed by atoms with Crippen LogP contribution in [0.5, 0.6) is 0 Å². The Balaban J connectivity index is 2.87. The van der Waals surface area contributed by atoms with E-state index < -0.39 is 17.9 Å². The summed E-state index contributed by atoms with van der Waals surface area (Å²) in [5.41, 5.74) is 0. The van der Waals surface area contributed by atoms with Gasteiger partial charge in [0.2, 0.25) is 0 Å². The number of carbonyl (C=O) groups excluding carboxylic acids is 2. The van der Waals surface area contributed by atoms with Gasteiger partial charge in [0.05, 0.1) is 14.2 Å². The second-order valence-corrected chi connectivity index (χ2v) is 3.45. The summed E-state index contributed by atoms with van der Waals surface area (Å²) in [6.45, 7) is 0. The molecule has 0 aromatic heterocycles. The van der Waals surface area contributed by atoms with Crippen molar-refractivity contribution in [2.45, 2.75) is 0 Å². The van der Waals surface area contributed by atoms with Crippen LogP contribution >= 0.6 is 0 Å². The molecule has 1 unspecified atom stereocenters. The molecule has 0 bridgehead atoms. The standard InChI is InChI=1S/C13H15O4/c1-16-12(14)11(13(15)17-2)10-8-6-4-3-5-7-9-10/h3-11H,1-2H3/b4-3-,8-6-. The molecule has 0 fully saturated rings.